The molecule has 24 heavy (non-hydrogen) atoms. The molecule has 4 nitrogen and oxygen atoms in total. The summed E-state index contributed by atoms with van der Waals surface area (Å²) in [4.78, 5) is 11.8. The average molecular weight is 399 g/mol. The number of hydrogen-bond donors (Lipinski definition) is 2. The van der Waals surface area contributed by atoms with E-state index < -0.39 is 5.60 Å². The zero-order valence-electron chi connectivity index (χ0n) is 15.7. The van der Waals surface area contributed by atoms with Crippen molar-refractivity contribution in [3.05, 3.63) is 33.8 Å². The van der Waals surface area contributed by atoms with E-state index in [9.17, 15) is 4.79 Å². The van der Waals surface area contributed by atoms with E-state index in [1.54, 1.807) is 0 Å². The molecule has 0 bridgehead atoms. The lowest BCUT2D eigenvalue weighted by molar-refractivity contribution is 0.0521. The van der Waals surface area contributed by atoms with Gasteiger partial charge in [0.1, 0.15) is 5.60 Å². The summed E-state index contributed by atoms with van der Waals surface area (Å²) >= 11 is 3.52. The minimum atomic E-state index is -0.472. The van der Waals surface area contributed by atoms with Gasteiger partial charge in [-0.2, -0.15) is 0 Å². The Morgan fingerprint density at radius 3 is 2.50 bits per heavy atom. The Labute approximate surface area is 154 Å². The number of alkyl carbamates (subject to hydrolysis) is 1. The van der Waals surface area contributed by atoms with Gasteiger partial charge in [0.15, 0.2) is 0 Å². The largest absolute Gasteiger partial charge is 0.444 e. The van der Waals surface area contributed by atoms with Crippen LogP contribution >= 0.6 is 15.9 Å². The van der Waals surface area contributed by atoms with Crippen molar-refractivity contribution in [1.82, 2.24) is 10.6 Å². The highest BCUT2D eigenvalue weighted by Gasteiger charge is 2.18. The Morgan fingerprint density at radius 2 is 1.96 bits per heavy atom. The van der Waals surface area contributed by atoms with E-state index >= 15 is 0 Å². The molecule has 1 aromatic rings. The van der Waals surface area contributed by atoms with Gasteiger partial charge in [-0.1, -0.05) is 41.9 Å². The maximum absolute atomic E-state index is 11.8. The molecule has 0 radical (unpaired) electrons. The first-order valence-corrected chi connectivity index (χ1v) is 9.31. The molecule has 136 valence electrons. The lowest BCUT2D eigenvalue weighted by Gasteiger charge is -2.24. The van der Waals surface area contributed by atoms with Crippen LogP contribution < -0.4 is 10.6 Å². The number of amides is 1. The first-order chi connectivity index (χ1) is 11.1. The fraction of sp³-hybridized carbons (Fsp3) is 0.632. The summed E-state index contributed by atoms with van der Waals surface area (Å²) in [5.74, 6) is 0.551. The molecule has 0 aliphatic carbocycles. The molecule has 1 rings (SSSR count). The number of carbonyl (C=O) groups is 1. The summed E-state index contributed by atoms with van der Waals surface area (Å²) in [7, 11) is 0. The number of nitrogens with one attached hydrogen (secondary N) is 2. The van der Waals surface area contributed by atoms with Crippen molar-refractivity contribution in [2.75, 3.05) is 6.54 Å². The molecule has 0 saturated carbocycles. The molecule has 0 aliphatic rings. The highest BCUT2D eigenvalue weighted by atomic mass is 79.9. The average Bonchev–Trinajstić information content (AvgIpc) is 2.43. The molecule has 5 heteroatoms. The Hall–Kier alpha value is -1.07. The van der Waals surface area contributed by atoms with Gasteiger partial charge >= 0.3 is 6.09 Å². The molecular formula is C19H31BrN2O2. The summed E-state index contributed by atoms with van der Waals surface area (Å²) in [5.41, 5.74) is 1.99. The van der Waals surface area contributed by atoms with Gasteiger partial charge in [0.25, 0.3) is 0 Å². The predicted octanol–water partition coefficient (Wildman–Crippen LogP) is 4.79. The summed E-state index contributed by atoms with van der Waals surface area (Å²) in [6.07, 6.45) is 0.628. The van der Waals surface area contributed by atoms with Crippen LogP contribution in [0.1, 0.15) is 52.2 Å². The number of benzene rings is 1. The summed E-state index contributed by atoms with van der Waals surface area (Å²) in [5, 5.41) is 6.42. The first kappa shape index (κ1) is 21.0. The highest BCUT2D eigenvalue weighted by Crippen LogP contribution is 2.17. The quantitative estimate of drug-likeness (QED) is 0.693. The Balaban J connectivity index is 2.55. The summed E-state index contributed by atoms with van der Waals surface area (Å²) < 4.78 is 6.42. The second-order valence-electron chi connectivity index (χ2n) is 7.67. The van der Waals surface area contributed by atoms with E-state index in [1.807, 2.05) is 20.8 Å². The number of hydrogen-bond acceptors (Lipinski definition) is 3. The summed E-state index contributed by atoms with van der Waals surface area (Å²) in [6, 6.07) is 6.56. The van der Waals surface area contributed by atoms with E-state index in [-0.39, 0.29) is 12.1 Å². The lowest BCUT2D eigenvalue weighted by Crippen LogP contribution is -2.43. The molecule has 0 spiro atoms. The van der Waals surface area contributed by atoms with Crippen LogP contribution in [0, 0.1) is 12.8 Å². The van der Waals surface area contributed by atoms with Crippen LogP contribution in [0.4, 0.5) is 4.79 Å². The van der Waals surface area contributed by atoms with Crippen molar-refractivity contribution >= 4 is 22.0 Å². The molecule has 0 aromatic heterocycles. The van der Waals surface area contributed by atoms with Crippen LogP contribution in [0.25, 0.3) is 0 Å². The third kappa shape index (κ3) is 8.69. The van der Waals surface area contributed by atoms with Crippen molar-refractivity contribution in [3.63, 3.8) is 0 Å². The summed E-state index contributed by atoms with van der Waals surface area (Å²) in [6.45, 7) is 13.4. The number of rotatable bonds is 7. The smallest absolute Gasteiger partial charge is 0.407 e. The van der Waals surface area contributed by atoms with Crippen LogP contribution in [0.3, 0.4) is 0 Å². The van der Waals surface area contributed by atoms with E-state index in [2.05, 4.69) is 65.5 Å². The van der Waals surface area contributed by atoms with Gasteiger partial charge in [-0.05, 0) is 57.2 Å². The van der Waals surface area contributed by atoms with Crippen LogP contribution in [-0.4, -0.2) is 24.3 Å². The molecule has 0 fully saturated rings. The molecule has 1 atom stereocenters. The number of carbonyl (C=O) groups excluding carboxylic acids is 1. The monoisotopic (exact) mass is 398 g/mol. The second-order valence-corrected chi connectivity index (χ2v) is 8.53. The zero-order chi connectivity index (χ0) is 18.3. The van der Waals surface area contributed by atoms with Gasteiger partial charge in [0.2, 0.25) is 0 Å². The molecular weight excluding hydrogens is 368 g/mol. The van der Waals surface area contributed by atoms with Crippen LogP contribution in [-0.2, 0) is 11.3 Å². The van der Waals surface area contributed by atoms with Gasteiger partial charge in [-0.3, -0.25) is 0 Å². The number of halogens is 1. The Morgan fingerprint density at radius 1 is 1.29 bits per heavy atom. The Kier molecular flexibility index (Phi) is 8.23. The van der Waals surface area contributed by atoms with Crippen molar-refractivity contribution in [1.29, 1.82) is 0 Å². The van der Waals surface area contributed by atoms with Crippen molar-refractivity contribution in [3.8, 4) is 0 Å². The SMILES string of the molecule is Cc1cc(CNC(CNC(=O)OC(C)(C)C)CC(C)C)ccc1Br. The third-order valence-electron chi connectivity index (χ3n) is 3.46. The molecule has 1 amide bonds. The molecule has 2 N–H and O–H groups in total. The van der Waals surface area contributed by atoms with Crippen molar-refractivity contribution in [2.45, 2.75) is 66.2 Å². The van der Waals surface area contributed by atoms with Crippen LogP contribution in [0.5, 0.6) is 0 Å². The van der Waals surface area contributed by atoms with Gasteiger partial charge in [0.05, 0.1) is 0 Å². The molecule has 1 unspecified atom stereocenters. The maximum atomic E-state index is 11.8. The number of aryl methyl sites for hydroxylation is 1. The zero-order valence-corrected chi connectivity index (χ0v) is 17.3. The van der Waals surface area contributed by atoms with E-state index in [0.717, 1.165) is 17.4 Å². The lowest BCUT2D eigenvalue weighted by atomic mass is 10.0. The topological polar surface area (TPSA) is 50.4 Å². The minimum Gasteiger partial charge on any atom is -0.444 e. The molecule has 0 aliphatic heterocycles. The maximum Gasteiger partial charge on any atom is 0.407 e. The molecule has 1 aromatic carbocycles. The van der Waals surface area contributed by atoms with E-state index in [0.29, 0.717) is 12.5 Å². The van der Waals surface area contributed by atoms with Crippen molar-refractivity contribution < 1.29 is 9.53 Å². The highest BCUT2D eigenvalue weighted by molar-refractivity contribution is 9.10. The van der Waals surface area contributed by atoms with Crippen molar-refractivity contribution in [2.24, 2.45) is 5.92 Å². The normalized spacial score (nSPS) is 13.0. The number of ether oxygens (including phenoxy) is 1. The third-order valence-corrected chi connectivity index (χ3v) is 4.35. The molecule has 0 saturated heterocycles. The minimum absolute atomic E-state index is 0.210. The molecule has 0 heterocycles. The van der Waals surface area contributed by atoms with Crippen LogP contribution in [0.2, 0.25) is 0 Å². The van der Waals surface area contributed by atoms with Gasteiger partial charge in [-0.25, -0.2) is 4.79 Å². The van der Waals surface area contributed by atoms with Gasteiger partial charge < -0.3 is 15.4 Å². The van der Waals surface area contributed by atoms with Crippen LogP contribution in [0.15, 0.2) is 22.7 Å². The second kappa shape index (κ2) is 9.42. The van der Waals surface area contributed by atoms with Gasteiger partial charge in [0, 0.05) is 23.6 Å². The van der Waals surface area contributed by atoms with E-state index in [1.165, 1.54) is 11.1 Å². The Bertz CT molecular complexity index is 539. The predicted molar refractivity (Wildman–Crippen MR) is 103 cm³/mol. The first-order valence-electron chi connectivity index (χ1n) is 8.52. The standard InChI is InChI=1S/C19H31BrN2O2/c1-13(2)9-16(12-22-18(23)24-19(4,5)6)21-11-15-7-8-17(20)14(3)10-15/h7-8,10,13,16,21H,9,11-12H2,1-6H3,(H,22,23). The fourth-order valence-electron chi connectivity index (χ4n) is 2.41. The van der Waals surface area contributed by atoms with E-state index in [4.69, 9.17) is 4.74 Å². The fourth-order valence-corrected chi connectivity index (χ4v) is 2.65. The van der Waals surface area contributed by atoms with Gasteiger partial charge in [-0.15, -0.1) is 0 Å².